The van der Waals surface area contributed by atoms with Gasteiger partial charge < -0.3 is 14.8 Å². The van der Waals surface area contributed by atoms with Crippen LogP contribution in [-0.2, 0) is 9.53 Å². The van der Waals surface area contributed by atoms with Crippen LogP contribution >= 0.6 is 0 Å². The van der Waals surface area contributed by atoms with Gasteiger partial charge >= 0.3 is 6.18 Å². The Morgan fingerprint density at radius 3 is 2.71 bits per heavy atom. The molecule has 0 aromatic heterocycles. The smallest absolute Gasteiger partial charge is 0.411 e. The van der Waals surface area contributed by atoms with Crippen molar-refractivity contribution in [2.45, 2.75) is 26.1 Å². The molecule has 0 heterocycles. The topological polar surface area (TPSA) is 47.6 Å². The number of benzene rings is 1. The van der Waals surface area contributed by atoms with E-state index in [2.05, 4.69) is 10.1 Å². The second kappa shape index (κ2) is 7.87. The highest BCUT2D eigenvalue weighted by molar-refractivity contribution is 5.80. The molecular weight excluding hydrogens is 287 g/mol. The number of carbonyl (C=O) groups excluding carboxylic acids is 1. The van der Waals surface area contributed by atoms with Gasteiger partial charge in [-0.25, -0.2) is 0 Å². The molecule has 7 heteroatoms. The highest BCUT2D eigenvalue weighted by atomic mass is 19.4. The van der Waals surface area contributed by atoms with Crippen LogP contribution in [0.15, 0.2) is 24.3 Å². The summed E-state index contributed by atoms with van der Waals surface area (Å²) in [4.78, 5) is 11.7. The Morgan fingerprint density at radius 1 is 1.38 bits per heavy atom. The van der Waals surface area contributed by atoms with Gasteiger partial charge in [0.1, 0.15) is 12.4 Å². The summed E-state index contributed by atoms with van der Waals surface area (Å²) in [6.45, 7) is 1.93. The second-order valence-corrected chi connectivity index (χ2v) is 4.54. The van der Waals surface area contributed by atoms with Gasteiger partial charge in [-0.2, -0.15) is 13.2 Å². The number of rotatable bonds is 7. The zero-order chi connectivity index (χ0) is 15.9. The molecule has 0 aliphatic rings. The van der Waals surface area contributed by atoms with Crippen LogP contribution in [0, 0.1) is 6.92 Å². The molecule has 0 spiro atoms. The summed E-state index contributed by atoms with van der Waals surface area (Å²) in [6, 6.07) is 7.22. The van der Waals surface area contributed by atoms with E-state index in [1.54, 1.807) is 25.1 Å². The number of halogens is 3. The van der Waals surface area contributed by atoms with Gasteiger partial charge in [0.15, 0.2) is 6.10 Å². The first kappa shape index (κ1) is 17.3. The lowest BCUT2D eigenvalue weighted by Crippen LogP contribution is -2.38. The van der Waals surface area contributed by atoms with E-state index in [9.17, 15) is 18.0 Å². The molecule has 1 unspecified atom stereocenters. The van der Waals surface area contributed by atoms with E-state index in [0.717, 1.165) is 5.56 Å². The first-order chi connectivity index (χ1) is 9.78. The summed E-state index contributed by atoms with van der Waals surface area (Å²) in [5.41, 5.74) is 1.00. The summed E-state index contributed by atoms with van der Waals surface area (Å²) in [5, 5.41) is 2.45. The molecule has 1 amide bonds. The van der Waals surface area contributed by atoms with Crippen molar-refractivity contribution in [3.8, 4) is 5.75 Å². The van der Waals surface area contributed by atoms with Crippen LogP contribution in [-0.4, -0.2) is 37.9 Å². The van der Waals surface area contributed by atoms with E-state index in [1.807, 2.05) is 13.0 Å². The molecule has 0 aliphatic carbocycles. The minimum atomic E-state index is -4.36. The van der Waals surface area contributed by atoms with E-state index >= 15 is 0 Å². The third kappa shape index (κ3) is 7.55. The molecule has 0 radical (unpaired) electrons. The van der Waals surface area contributed by atoms with Gasteiger partial charge in [-0.05, 0) is 31.5 Å². The molecule has 0 bridgehead atoms. The van der Waals surface area contributed by atoms with Crippen LogP contribution < -0.4 is 10.1 Å². The van der Waals surface area contributed by atoms with Crippen LogP contribution in [0.5, 0.6) is 5.75 Å². The first-order valence-electron chi connectivity index (χ1n) is 6.43. The van der Waals surface area contributed by atoms with Crippen LogP contribution in [0.3, 0.4) is 0 Å². The normalized spacial score (nSPS) is 12.8. The maximum absolute atomic E-state index is 11.8. The molecule has 21 heavy (non-hydrogen) atoms. The number of carbonyl (C=O) groups is 1. The molecule has 1 atom stereocenters. The molecule has 0 saturated heterocycles. The van der Waals surface area contributed by atoms with Gasteiger partial charge in [0.25, 0.3) is 5.91 Å². The predicted octanol–water partition coefficient (Wildman–Crippen LogP) is 2.46. The highest BCUT2D eigenvalue weighted by Gasteiger charge is 2.27. The summed E-state index contributed by atoms with van der Waals surface area (Å²) in [7, 11) is 0. The van der Waals surface area contributed by atoms with Crippen molar-refractivity contribution in [1.82, 2.24) is 5.32 Å². The molecule has 1 aromatic carbocycles. The van der Waals surface area contributed by atoms with Crippen molar-refractivity contribution in [1.29, 1.82) is 0 Å². The fourth-order valence-electron chi connectivity index (χ4n) is 1.52. The Morgan fingerprint density at radius 2 is 2.10 bits per heavy atom. The minimum Gasteiger partial charge on any atom is -0.481 e. The number of nitrogens with one attached hydrogen (secondary N) is 1. The standard InChI is InChI=1S/C14H18F3NO3/c1-10-4-3-5-12(8-10)21-11(2)13(19)18-6-7-20-9-14(15,16)17/h3-5,8,11H,6-7,9H2,1-2H3,(H,18,19). The maximum atomic E-state index is 11.8. The minimum absolute atomic E-state index is 0.00354. The van der Waals surface area contributed by atoms with Crippen LogP contribution in [0.1, 0.15) is 12.5 Å². The predicted molar refractivity (Wildman–Crippen MR) is 71.2 cm³/mol. The SMILES string of the molecule is Cc1cccc(OC(C)C(=O)NCCOCC(F)(F)F)c1. The number of amides is 1. The zero-order valence-corrected chi connectivity index (χ0v) is 11.9. The largest absolute Gasteiger partial charge is 0.481 e. The lowest BCUT2D eigenvalue weighted by Gasteiger charge is -2.15. The van der Waals surface area contributed by atoms with Gasteiger partial charge in [-0.1, -0.05) is 12.1 Å². The number of alkyl halides is 3. The Kier molecular flexibility index (Phi) is 6.48. The van der Waals surface area contributed by atoms with Gasteiger partial charge in [0.05, 0.1) is 6.61 Å². The van der Waals surface area contributed by atoms with Crippen LogP contribution in [0.4, 0.5) is 13.2 Å². The summed E-state index contributed by atoms with van der Waals surface area (Å²) < 4.78 is 45.3. The summed E-state index contributed by atoms with van der Waals surface area (Å²) in [5.74, 6) is 0.151. The van der Waals surface area contributed by atoms with Gasteiger partial charge in [0.2, 0.25) is 0 Å². The number of ether oxygens (including phenoxy) is 2. The van der Waals surface area contributed by atoms with Crippen molar-refractivity contribution in [3.05, 3.63) is 29.8 Å². The van der Waals surface area contributed by atoms with Crippen molar-refractivity contribution < 1.29 is 27.4 Å². The zero-order valence-electron chi connectivity index (χ0n) is 11.9. The quantitative estimate of drug-likeness (QED) is 0.787. The monoisotopic (exact) mass is 305 g/mol. The Balaban J connectivity index is 2.25. The molecule has 1 rings (SSSR count). The molecule has 0 fully saturated rings. The number of hydrogen-bond acceptors (Lipinski definition) is 3. The fraction of sp³-hybridized carbons (Fsp3) is 0.500. The average Bonchev–Trinajstić information content (AvgIpc) is 2.36. The molecule has 0 saturated carbocycles. The molecule has 0 aliphatic heterocycles. The maximum Gasteiger partial charge on any atom is 0.411 e. The van der Waals surface area contributed by atoms with Crippen molar-refractivity contribution in [2.24, 2.45) is 0 Å². The van der Waals surface area contributed by atoms with Crippen molar-refractivity contribution >= 4 is 5.91 Å². The Labute approximate surface area is 121 Å². The number of hydrogen-bond donors (Lipinski definition) is 1. The van der Waals surface area contributed by atoms with Crippen molar-refractivity contribution in [2.75, 3.05) is 19.8 Å². The van der Waals surface area contributed by atoms with Crippen molar-refractivity contribution in [3.63, 3.8) is 0 Å². The molecule has 1 N–H and O–H groups in total. The molecule has 118 valence electrons. The Hall–Kier alpha value is -1.76. The summed E-state index contributed by atoms with van der Waals surface area (Å²) in [6.07, 6.45) is -5.10. The third-order valence-electron chi connectivity index (χ3n) is 2.48. The molecule has 1 aromatic rings. The fourth-order valence-corrected chi connectivity index (χ4v) is 1.52. The van der Waals surface area contributed by atoms with E-state index in [4.69, 9.17) is 4.74 Å². The third-order valence-corrected chi connectivity index (χ3v) is 2.48. The Bertz CT molecular complexity index is 463. The van der Waals surface area contributed by atoms with Gasteiger partial charge in [-0.15, -0.1) is 0 Å². The highest BCUT2D eigenvalue weighted by Crippen LogP contribution is 2.15. The van der Waals surface area contributed by atoms with Crippen LogP contribution in [0.25, 0.3) is 0 Å². The van der Waals surface area contributed by atoms with Gasteiger partial charge in [-0.3, -0.25) is 4.79 Å². The second-order valence-electron chi connectivity index (χ2n) is 4.54. The lowest BCUT2D eigenvalue weighted by atomic mass is 10.2. The van der Waals surface area contributed by atoms with Gasteiger partial charge in [0, 0.05) is 6.54 Å². The summed E-state index contributed by atoms with van der Waals surface area (Å²) >= 11 is 0. The van der Waals surface area contributed by atoms with E-state index < -0.39 is 24.8 Å². The van der Waals surface area contributed by atoms with E-state index in [1.165, 1.54) is 0 Å². The molecular formula is C14H18F3NO3. The molecule has 4 nitrogen and oxygen atoms in total. The number of aryl methyl sites for hydroxylation is 1. The van der Waals surface area contributed by atoms with Crippen LogP contribution in [0.2, 0.25) is 0 Å². The average molecular weight is 305 g/mol. The van der Waals surface area contributed by atoms with E-state index in [-0.39, 0.29) is 13.2 Å². The first-order valence-corrected chi connectivity index (χ1v) is 6.43. The lowest BCUT2D eigenvalue weighted by molar-refractivity contribution is -0.173. The van der Waals surface area contributed by atoms with E-state index in [0.29, 0.717) is 5.75 Å².